The highest BCUT2D eigenvalue weighted by Gasteiger charge is 2.00. The van der Waals surface area contributed by atoms with E-state index in [0.717, 1.165) is 12.8 Å². The number of hydrogen-bond acceptors (Lipinski definition) is 3. The van der Waals surface area contributed by atoms with Crippen molar-refractivity contribution in [3.63, 3.8) is 0 Å². The Morgan fingerprint density at radius 1 is 1.23 bits per heavy atom. The Kier molecular flexibility index (Phi) is 7.99. The lowest BCUT2D eigenvalue weighted by atomic mass is 10.1. The standard InChI is InChI=1S/C10H20O3/c1-9(12)5-3-2-4-6-10(13)7-8-11/h3,5,9-13H,2,4,6-8H2,1H3/b5-3+. The first kappa shape index (κ1) is 12.6. The van der Waals surface area contributed by atoms with Crippen molar-refractivity contribution in [2.75, 3.05) is 6.61 Å². The molecule has 0 radical (unpaired) electrons. The van der Waals surface area contributed by atoms with Crippen LogP contribution in [-0.4, -0.2) is 34.1 Å². The van der Waals surface area contributed by atoms with Crippen LogP contribution in [0, 0.1) is 0 Å². The number of aliphatic hydroxyl groups excluding tert-OH is 3. The maximum atomic E-state index is 9.22. The van der Waals surface area contributed by atoms with Gasteiger partial charge in [-0.2, -0.15) is 0 Å². The summed E-state index contributed by atoms with van der Waals surface area (Å²) in [7, 11) is 0. The van der Waals surface area contributed by atoms with Gasteiger partial charge in [0.05, 0.1) is 12.2 Å². The zero-order chi connectivity index (χ0) is 10.1. The molecule has 0 amide bonds. The van der Waals surface area contributed by atoms with Crippen molar-refractivity contribution in [2.45, 2.75) is 44.8 Å². The van der Waals surface area contributed by atoms with Gasteiger partial charge in [0, 0.05) is 6.61 Å². The molecule has 0 saturated carbocycles. The van der Waals surface area contributed by atoms with Crippen LogP contribution in [0.2, 0.25) is 0 Å². The van der Waals surface area contributed by atoms with E-state index in [4.69, 9.17) is 10.2 Å². The number of hydrogen-bond donors (Lipinski definition) is 3. The van der Waals surface area contributed by atoms with Crippen LogP contribution in [0.4, 0.5) is 0 Å². The maximum Gasteiger partial charge on any atom is 0.0692 e. The molecule has 0 aromatic rings. The van der Waals surface area contributed by atoms with E-state index in [0.29, 0.717) is 12.8 Å². The van der Waals surface area contributed by atoms with Gasteiger partial charge in [0.25, 0.3) is 0 Å². The van der Waals surface area contributed by atoms with E-state index in [1.807, 2.05) is 6.08 Å². The smallest absolute Gasteiger partial charge is 0.0692 e. The van der Waals surface area contributed by atoms with Crippen LogP contribution in [0.25, 0.3) is 0 Å². The molecule has 3 nitrogen and oxygen atoms in total. The molecule has 0 spiro atoms. The summed E-state index contributed by atoms with van der Waals surface area (Å²) in [5.41, 5.74) is 0. The Hall–Kier alpha value is -0.380. The summed E-state index contributed by atoms with van der Waals surface area (Å²) in [5.74, 6) is 0. The van der Waals surface area contributed by atoms with E-state index in [9.17, 15) is 5.11 Å². The molecule has 2 atom stereocenters. The third-order valence-corrected chi connectivity index (χ3v) is 1.79. The highest BCUT2D eigenvalue weighted by molar-refractivity contribution is 4.86. The molecule has 0 heterocycles. The van der Waals surface area contributed by atoms with E-state index >= 15 is 0 Å². The van der Waals surface area contributed by atoms with Crippen molar-refractivity contribution >= 4 is 0 Å². The molecule has 2 unspecified atom stereocenters. The van der Waals surface area contributed by atoms with Crippen molar-refractivity contribution in [2.24, 2.45) is 0 Å². The van der Waals surface area contributed by atoms with Crippen LogP contribution in [0.3, 0.4) is 0 Å². The summed E-state index contributed by atoms with van der Waals surface area (Å²) >= 11 is 0. The number of allylic oxidation sites excluding steroid dienone is 1. The summed E-state index contributed by atoms with van der Waals surface area (Å²) in [5, 5.41) is 26.6. The predicted octanol–water partition coefficient (Wildman–Crippen LogP) is 0.837. The van der Waals surface area contributed by atoms with E-state index < -0.39 is 0 Å². The molecular formula is C10H20O3. The lowest BCUT2D eigenvalue weighted by Gasteiger charge is -2.06. The summed E-state index contributed by atoms with van der Waals surface area (Å²) in [4.78, 5) is 0. The molecule has 0 aromatic carbocycles. The molecule has 78 valence electrons. The van der Waals surface area contributed by atoms with Gasteiger partial charge in [-0.1, -0.05) is 12.2 Å². The third-order valence-electron chi connectivity index (χ3n) is 1.79. The summed E-state index contributed by atoms with van der Waals surface area (Å²) in [6.45, 7) is 1.75. The van der Waals surface area contributed by atoms with Crippen molar-refractivity contribution < 1.29 is 15.3 Å². The minimum Gasteiger partial charge on any atom is -0.396 e. The van der Waals surface area contributed by atoms with Crippen molar-refractivity contribution in [3.05, 3.63) is 12.2 Å². The SMILES string of the molecule is CC(O)/C=C/CCCC(O)CCO. The first-order chi connectivity index (χ1) is 6.16. The predicted molar refractivity (Wildman–Crippen MR) is 52.4 cm³/mol. The molecule has 0 rings (SSSR count). The van der Waals surface area contributed by atoms with Gasteiger partial charge in [-0.15, -0.1) is 0 Å². The fourth-order valence-electron chi connectivity index (χ4n) is 1.06. The molecular weight excluding hydrogens is 168 g/mol. The lowest BCUT2D eigenvalue weighted by molar-refractivity contribution is 0.123. The first-order valence-corrected chi connectivity index (χ1v) is 4.80. The van der Waals surface area contributed by atoms with Crippen molar-refractivity contribution in [1.82, 2.24) is 0 Å². The van der Waals surface area contributed by atoms with Crippen LogP contribution < -0.4 is 0 Å². The van der Waals surface area contributed by atoms with Crippen LogP contribution in [0.1, 0.15) is 32.6 Å². The van der Waals surface area contributed by atoms with Crippen LogP contribution in [0.15, 0.2) is 12.2 Å². The molecule has 13 heavy (non-hydrogen) atoms. The summed E-state index contributed by atoms with van der Waals surface area (Å²) in [6.07, 6.45) is 5.81. The Balaban J connectivity index is 3.24. The van der Waals surface area contributed by atoms with Gasteiger partial charge in [0.15, 0.2) is 0 Å². The summed E-state index contributed by atoms with van der Waals surface area (Å²) < 4.78 is 0. The molecule has 0 aliphatic heterocycles. The number of unbranched alkanes of at least 4 members (excludes halogenated alkanes) is 1. The topological polar surface area (TPSA) is 60.7 Å². The van der Waals surface area contributed by atoms with Gasteiger partial charge in [-0.05, 0) is 32.6 Å². The second kappa shape index (κ2) is 8.23. The molecule has 0 bridgehead atoms. The van der Waals surface area contributed by atoms with Crippen LogP contribution in [-0.2, 0) is 0 Å². The molecule has 0 aliphatic carbocycles. The minimum atomic E-state index is -0.387. The average Bonchev–Trinajstić information content (AvgIpc) is 2.03. The van der Waals surface area contributed by atoms with Gasteiger partial charge in [0.1, 0.15) is 0 Å². The van der Waals surface area contributed by atoms with Crippen molar-refractivity contribution in [3.8, 4) is 0 Å². The molecule has 0 fully saturated rings. The largest absolute Gasteiger partial charge is 0.396 e. The Labute approximate surface area is 79.7 Å². The third kappa shape index (κ3) is 9.53. The Morgan fingerprint density at radius 3 is 2.46 bits per heavy atom. The average molecular weight is 188 g/mol. The van der Waals surface area contributed by atoms with Crippen LogP contribution >= 0.6 is 0 Å². The monoisotopic (exact) mass is 188 g/mol. The Morgan fingerprint density at radius 2 is 1.92 bits per heavy atom. The van der Waals surface area contributed by atoms with Gasteiger partial charge >= 0.3 is 0 Å². The Bertz CT molecular complexity index is 132. The van der Waals surface area contributed by atoms with Crippen LogP contribution in [0.5, 0.6) is 0 Å². The highest BCUT2D eigenvalue weighted by atomic mass is 16.3. The lowest BCUT2D eigenvalue weighted by Crippen LogP contribution is -2.07. The van der Waals surface area contributed by atoms with E-state index in [-0.39, 0.29) is 18.8 Å². The first-order valence-electron chi connectivity index (χ1n) is 4.80. The van der Waals surface area contributed by atoms with E-state index in [2.05, 4.69) is 0 Å². The quantitative estimate of drug-likeness (QED) is 0.410. The molecule has 0 aromatic heterocycles. The zero-order valence-electron chi connectivity index (χ0n) is 8.19. The molecule has 3 N–H and O–H groups in total. The molecule has 0 saturated heterocycles. The second-order valence-electron chi connectivity index (χ2n) is 3.27. The zero-order valence-corrected chi connectivity index (χ0v) is 8.19. The minimum absolute atomic E-state index is 0.0463. The van der Waals surface area contributed by atoms with E-state index in [1.54, 1.807) is 13.0 Å². The van der Waals surface area contributed by atoms with Gasteiger partial charge in [-0.25, -0.2) is 0 Å². The second-order valence-corrected chi connectivity index (χ2v) is 3.27. The fraction of sp³-hybridized carbons (Fsp3) is 0.800. The normalized spacial score (nSPS) is 16.3. The van der Waals surface area contributed by atoms with E-state index in [1.165, 1.54) is 0 Å². The van der Waals surface area contributed by atoms with Gasteiger partial charge in [0.2, 0.25) is 0 Å². The fourth-order valence-corrected chi connectivity index (χ4v) is 1.06. The number of aliphatic hydroxyl groups is 3. The van der Waals surface area contributed by atoms with Crippen molar-refractivity contribution in [1.29, 1.82) is 0 Å². The highest BCUT2D eigenvalue weighted by Crippen LogP contribution is 2.04. The van der Waals surface area contributed by atoms with Gasteiger partial charge in [-0.3, -0.25) is 0 Å². The summed E-state index contributed by atoms with van der Waals surface area (Å²) in [6, 6.07) is 0. The number of rotatable bonds is 7. The molecule has 0 aliphatic rings. The molecule has 3 heteroatoms. The van der Waals surface area contributed by atoms with Gasteiger partial charge < -0.3 is 15.3 Å². The maximum absolute atomic E-state index is 9.22.